The second-order valence-electron chi connectivity index (χ2n) is 2.47. The summed E-state index contributed by atoms with van der Waals surface area (Å²) in [5.74, 6) is 0.249. The van der Waals surface area contributed by atoms with Gasteiger partial charge in [0.1, 0.15) is 0 Å². The van der Waals surface area contributed by atoms with Gasteiger partial charge in [-0.25, -0.2) is 13.8 Å². The molecule has 0 radical (unpaired) electrons. The van der Waals surface area contributed by atoms with E-state index in [1.165, 1.54) is 7.11 Å². The van der Waals surface area contributed by atoms with Gasteiger partial charge in [-0.1, -0.05) is 0 Å². The van der Waals surface area contributed by atoms with Gasteiger partial charge in [-0.3, -0.25) is 0 Å². The van der Waals surface area contributed by atoms with Crippen LogP contribution >= 0.6 is 22.6 Å². The predicted molar refractivity (Wildman–Crippen MR) is 54.4 cm³/mol. The van der Waals surface area contributed by atoms with Crippen molar-refractivity contribution in [3.05, 3.63) is 20.9 Å². The van der Waals surface area contributed by atoms with E-state index in [9.17, 15) is 8.78 Å². The molecule has 1 rings (SSSR count). The highest BCUT2D eigenvalue weighted by Crippen LogP contribution is 2.30. The van der Waals surface area contributed by atoms with Crippen LogP contribution in [0.1, 0.15) is 17.6 Å². The number of ether oxygens (including phenoxy) is 1. The Labute approximate surface area is 93.2 Å². The fourth-order valence-corrected chi connectivity index (χ4v) is 1.85. The third-order valence-corrected chi connectivity index (χ3v) is 2.82. The van der Waals surface area contributed by atoms with Crippen molar-refractivity contribution >= 4 is 22.6 Å². The van der Waals surface area contributed by atoms with Crippen LogP contribution in [0.15, 0.2) is 6.20 Å². The molecule has 3 nitrogen and oxygen atoms in total. The number of hydrogen-bond acceptors (Lipinski definition) is 3. The van der Waals surface area contributed by atoms with Crippen molar-refractivity contribution in [3.8, 4) is 5.88 Å². The lowest BCUT2D eigenvalue weighted by Gasteiger charge is -2.10. The zero-order valence-corrected chi connectivity index (χ0v) is 9.46. The molecule has 0 saturated heterocycles. The smallest absolute Gasteiger partial charge is 0.265 e. The molecule has 6 heteroatoms. The average Bonchev–Trinajstić information content (AvgIpc) is 2.17. The molecule has 0 atom stereocenters. The zero-order valence-electron chi connectivity index (χ0n) is 7.30. The Morgan fingerprint density at radius 2 is 2.29 bits per heavy atom. The van der Waals surface area contributed by atoms with Crippen LogP contribution in [0.5, 0.6) is 5.88 Å². The molecule has 0 bridgehead atoms. The maximum absolute atomic E-state index is 12.4. The molecular formula is C8H8F2INO2. The average molecular weight is 315 g/mol. The number of aromatic nitrogens is 1. The monoisotopic (exact) mass is 315 g/mol. The minimum absolute atomic E-state index is 0.174. The Kier molecular flexibility index (Phi) is 3.99. The van der Waals surface area contributed by atoms with Gasteiger partial charge in [-0.2, -0.15) is 0 Å². The van der Waals surface area contributed by atoms with Crippen LogP contribution in [-0.2, 0) is 6.61 Å². The molecule has 0 saturated carbocycles. The maximum atomic E-state index is 12.4. The van der Waals surface area contributed by atoms with E-state index < -0.39 is 13.0 Å². The normalized spacial score (nSPS) is 10.7. The Balaban J connectivity index is 3.28. The van der Waals surface area contributed by atoms with Crippen LogP contribution in [0.3, 0.4) is 0 Å². The quantitative estimate of drug-likeness (QED) is 0.869. The Bertz CT molecular complexity index is 333. The highest BCUT2D eigenvalue weighted by Gasteiger charge is 2.18. The molecule has 0 spiro atoms. The van der Waals surface area contributed by atoms with Crippen LogP contribution in [0.25, 0.3) is 0 Å². The van der Waals surface area contributed by atoms with E-state index in [0.717, 1.165) is 6.20 Å². The number of alkyl halides is 2. The number of methoxy groups -OCH3 is 1. The summed E-state index contributed by atoms with van der Waals surface area (Å²) in [7, 11) is 1.40. The van der Waals surface area contributed by atoms with Gasteiger partial charge in [0.25, 0.3) is 6.43 Å². The minimum atomic E-state index is -2.64. The summed E-state index contributed by atoms with van der Waals surface area (Å²) >= 11 is 1.82. The molecule has 1 N–H and O–H groups in total. The van der Waals surface area contributed by atoms with Gasteiger partial charge in [-0.15, -0.1) is 0 Å². The van der Waals surface area contributed by atoms with Crippen molar-refractivity contribution in [2.45, 2.75) is 13.0 Å². The van der Waals surface area contributed by atoms with Crippen LogP contribution in [-0.4, -0.2) is 17.2 Å². The molecule has 0 aliphatic rings. The Morgan fingerprint density at radius 3 is 2.71 bits per heavy atom. The predicted octanol–water partition coefficient (Wildman–Crippen LogP) is 2.12. The van der Waals surface area contributed by atoms with Gasteiger partial charge in [0.15, 0.2) is 0 Å². The lowest BCUT2D eigenvalue weighted by molar-refractivity contribution is 0.146. The number of rotatable bonds is 3. The van der Waals surface area contributed by atoms with Crippen LogP contribution in [0, 0.1) is 3.57 Å². The summed E-state index contributed by atoms with van der Waals surface area (Å²) in [5.41, 5.74) is -0.0786. The SMILES string of the molecule is COc1ncc(C(F)F)c(CO)c1I. The second kappa shape index (κ2) is 4.83. The Hall–Kier alpha value is -0.500. The topological polar surface area (TPSA) is 42.4 Å². The largest absolute Gasteiger partial charge is 0.480 e. The summed E-state index contributed by atoms with van der Waals surface area (Å²) in [6.07, 6.45) is -1.61. The summed E-state index contributed by atoms with van der Waals surface area (Å²) in [5, 5.41) is 8.95. The van der Waals surface area contributed by atoms with Crippen molar-refractivity contribution in [1.29, 1.82) is 0 Å². The van der Waals surface area contributed by atoms with Crippen molar-refractivity contribution in [1.82, 2.24) is 4.98 Å². The highest BCUT2D eigenvalue weighted by atomic mass is 127. The van der Waals surface area contributed by atoms with Gasteiger partial charge in [0, 0.05) is 17.3 Å². The third-order valence-electron chi connectivity index (χ3n) is 1.71. The molecule has 1 aromatic rings. The number of pyridine rings is 1. The lowest BCUT2D eigenvalue weighted by atomic mass is 10.1. The van der Waals surface area contributed by atoms with E-state index in [1.54, 1.807) is 0 Å². The first-order valence-electron chi connectivity index (χ1n) is 3.72. The van der Waals surface area contributed by atoms with Crippen LogP contribution in [0.2, 0.25) is 0 Å². The fourth-order valence-electron chi connectivity index (χ4n) is 1.01. The van der Waals surface area contributed by atoms with Gasteiger partial charge in [0.05, 0.1) is 17.3 Å². The van der Waals surface area contributed by atoms with E-state index >= 15 is 0 Å². The van der Waals surface area contributed by atoms with Crippen LogP contribution in [0.4, 0.5) is 8.78 Å². The minimum Gasteiger partial charge on any atom is -0.480 e. The summed E-state index contributed by atoms with van der Waals surface area (Å²) in [4.78, 5) is 3.71. The van der Waals surface area contributed by atoms with Crippen molar-refractivity contribution in [2.75, 3.05) is 7.11 Å². The molecule has 1 aromatic heterocycles. The molecule has 78 valence electrons. The second-order valence-corrected chi connectivity index (χ2v) is 3.55. The maximum Gasteiger partial charge on any atom is 0.265 e. The van der Waals surface area contributed by atoms with Crippen molar-refractivity contribution < 1.29 is 18.6 Å². The van der Waals surface area contributed by atoms with Gasteiger partial charge >= 0.3 is 0 Å². The molecule has 0 aliphatic carbocycles. The van der Waals surface area contributed by atoms with Gasteiger partial charge < -0.3 is 9.84 Å². The summed E-state index contributed by atoms with van der Waals surface area (Å²) in [6.45, 7) is -0.448. The van der Waals surface area contributed by atoms with E-state index in [-0.39, 0.29) is 17.0 Å². The molecule has 0 aromatic carbocycles. The molecule has 0 unspecified atom stereocenters. The number of aliphatic hydroxyl groups is 1. The third kappa shape index (κ3) is 2.11. The van der Waals surface area contributed by atoms with Crippen LogP contribution < -0.4 is 4.74 Å². The molecule has 0 fully saturated rings. The molecule has 14 heavy (non-hydrogen) atoms. The number of hydrogen-bond donors (Lipinski definition) is 1. The van der Waals surface area contributed by atoms with E-state index in [2.05, 4.69) is 4.98 Å². The molecular weight excluding hydrogens is 307 g/mol. The van der Waals surface area contributed by atoms with Crippen molar-refractivity contribution in [2.24, 2.45) is 0 Å². The Morgan fingerprint density at radius 1 is 1.64 bits per heavy atom. The standard InChI is InChI=1S/C8H8F2INO2/c1-14-8-6(11)5(3-13)4(2-12-8)7(9)10/h2,7,13H,3H2,1H3. The molecule has 1 heterocycles. The first-order valence-corrected chi connectivity index (χ1v) is 4.80. The summed E-state index contributed by atoms with van der Waals surface area (Å²) in [6, 6.07) is 0. The van der Waals surface area contributed by atoms with Crippen molar-refractivity contribution in [3.63, 3.8) is 0 Å². The lowest BCUT2D eigenvalue weighted by Crippen LogP contribution is -2.02. The fraction of sp³-hybridized carbons (Fsp3) is 0.375. The van der Waals surface area contributed by atoms with Gasteiger partial charge in [-0.05, 0) is 22.6 Å². The van der Waals surface area contributed by atoms with Gasteiger partial charge in [0.2, 0.25) is 5.88 Å². The zero-order chi connectivity index (χ0) is 10.7. The van der Waals surface area contributed by atoms with E-state index in [0.29, 0.717) is 3.57 Å². The van der Waals surface area contributed by atoms with E-state index in [1.807, 2.05) is 22.6 Å². The molecule has 0 amide bonds. The first-order chi connectivity index (χ1) is 6.61. The summed E-state index contributed by atoms with van der Waals surface area (Å²) < 4.78 is 30.1. The molecule has 0 aliphatic heterocycles. The first kappa shape index (κ1) is 11.6. The highest BCUT2D eigenvalue weighted by molar-refractivity contribution is 14.1. The van der Waals surface area contributed by atoms with E-state index in [4.69, 9.17) is 9.84 Å². The number of nitrogens with zero attached hydrogens (tertiary/aromatic N) is 1. The number of aliphatic hydroxyl groups excluding tert-OH is 1. The number of halogens is 3.